The highest BCUT2D eigenvalue weighted by atomic mass is 32.1. The number of allylic oxidation sites excluding steroid dienone is 1. The molecule has 1 saturated heterocycles. The van der Waals surface area contributed by atoms with Gasteiger partial charge in [0.25, 0.3) is 0 Å². The largest absolute Gasteiger partial charge is 0.377 e. The van der Waals surface area contributed by atoms with Gasteiger partial charge in [0.15, 0.2) is 5.78 Å². The maximum atomic E-state index is 11.6. The second-order valence-corrected chi connectivity index (χ2v) is 4.70. The molecular formula is C12H15NOS. The highest BCUT2D eigenvalue weighted by Gasteiger charge is 2.07. The molecule has 1 aromatic rings. The molecular weight excluding hydrogens is 206 g/mol. The van der Waals surface area contributed by atoms with E-state index in [1.165, 1.54) is 30.6 Å². The third-order valence-corrected chi connectivity index (χ3v) is 3.48. The zero-order valence-electron chi connectivity index (χ0n) is 8.69. The van der Waals surface area contributed by atoms with Crippen LogP contribution in [0.5, 0.6) is 0 Å². The lowest BCUT2D eigenvalue weighted by atomic mass is 10.1. The molecule has 0 radical (unpaired) electrons. The normalized spacial score (nSPS) is 17.2. The third kappa shape index (κ3) is 2.93. The Balaban J connectivity index is 1.90. The summed E-state index contributed by atoms with van der Waals surface area (Å²) in [6, 6.07) is 3.78. The Morgan fingerprint density at radius 1 is 1.33 bits per heavy atom. The molecule has 15 heavy (non-hydrogen) atoms. The molecule has 0 atom stereocenters. The van der Waals surface area contributed by atoms with E-state index < -0.39 is 0 Å². The minimum Gasteiger partial charge on any atom is -0.377 e. The molecule has 1 aromatic heterocycles. The van der Waals surface area contributed by atoms with Gasteiger partial charge in [-0.05, 0) is 30.7 Å². The van der Waals surface area contributed by atoms with Crippen molar-refractivity contribution in [2.75, 3.05) is 13.1 Å². The molecule has 0 unspecified atom stereocenters. The number of ketones is 1. The predicted molar refractivity (Wildman–Crippen MR) is 63.2 cm³/mol. The lowest BCUT2D eigenvalue weighted by Gasteiger charge is -2.24. The van der Waals surface area contributed by atoms with Gasteiger partial charge in [-0.25, -0.2) is 0 Å². The van der Waals surface area contributed by atoms with Crippen LogP contribution in [-0.2, 0) is 0 Å². The van der Waals surface area contributed by atoms with Crippen molar-refractivity contribution in [3.05, 3.63) is 34.7 Å². The van der Waals surface area contributed by atoms with E-state index in [2.05, 4.69) is 4.90 Å². The Bertz CT molecular complexity index is 337. The van der Waals surface area contributed by atoms with Crippen molar-refractivity contribution in [1.82, 2.24) is 4.90 Å². The Labute approximate surface area is 94.2 Å². The Morgan fingerprint density at radius 2 is 2.13 bits per heavy atom. The third-order valence-electron chi connectivity index (χ3n) is 2.59. The molecule has 0 amide bonds. The molecule has 0 aromatic carbocycles. The van der Waals surface area contributed by atoms with Gasteiger partial charge in [0.2, 0.25) is 0 Å². The molecule has 80 valence electrons. The first-order chi connectivity index (χ1) is 7.36. The van der Waals surface area contributed by atoms with Crippen molar-refractivity contribution in [3.63, 3.8) is 0 Å². The first-order valence-electron chi connectivity index (χ1n) is 5.36. The first-order valence-corrected chi connectivity index (χ1v) is 6.24. The molecule has 3 heteroatoms. The van der Waals surface area contributed by atoms with Crippen LogP contribution in [0.1, 0.15) is 28.9 Å². The zero-order valence-corrected chi connectivity index (χ0v) is 9.50. The van der Waals surface area contributed by atoms with Crippen LogP contribution in [0.2, 0.25) is 0 Å². The fraction of sp³-hybridized carbons (Fsp3) is 0.417. The maximum absolute atomic E-state index is 11.6. The average Bonchev–Trinajstić information content (AvgIpc) is 2.81. The molecule has 0 saturated carbocycles. The van der Waals surface area contributed by atoms with Crippen LogP contribution in [0, 0.1) is 0 Å². The van der Waals surface area contributed by atoms with Gasteiger partial charge in [0.1, 0.15) is 0 Å². The zero-order chi connectivity index (χ0) is 10.5. The smallest absolute Gasteiger partial charge is 0.197 e. The fourth-order valence-corrected chi connectivity index (χ4v) is 2.39. The minimum atomic E-state index is 0.121. The van der Waals surface area contributed by atoms with Crippen LogP contribution in [0.4, 0.5) is 0 Å². The van der Waals surface area contributed by atoms with Crippen LogP contribution >= 0.6 is 11.3 Å². The average molecular weight is 221 g/mol. The molecule has 0 aliphatic carbocycles. The van der Waals surface area contributed by atoms with E-state index in [0.29, 0.717) is 0 Å². The summed E-state index contributed by atoms with van der Waals surface area (Å²) in [6.45, 7) is 2.18. The summed E-state index contributed by atoms with van der Waals surface area (Å²) >= 11 is 1.50. The molecule has 1 aliphatic rings. The number of hydrogen-bond acceptors (Lipinski definition) is 3. The van der Waals surface area contributed by atoms with Crippen LogP contribution in [0.3, 0.4) is 0 Å². The van der Waals surface area contributed by atoms with E-state index >= 15 is 0 Å². The van der Waals surface area contributed by atoms with Gasteiger partial charge in [-0.2, -0.15) is 0 Å². The van der Waals surface area contributed by atoms with Crippen molar-refractivity contribution >= 4 is 17.1 Å². The fourth-order valence-electron chi connectivity index (χ4n) is 1.74. The lowest BCUT2D eigenvalue weighted by Crippen LogP contribution is -2.24. The molecule has 2 nitrogen and oxygen atoms in total. The van der Waals surface area contributed by atoms with Gasteiger partial charge in [0, 0.05) is 25.4 Å². The van der Waals surface area contributed by atoms with Gasteiger partial charge in [-0.15, -0.1) is 11.3 Å². The molecule has 2 rings (SSSR count). The van der Waals surface area contributed by atoms with Crippen molar-refractivity contribution in [2.45, 2.75) is 19.3 Å². The quantitative estimate of drug-likeness (QED) is 0.578. The van der Waals surface area contributed by atoms with Gasteiger partial charge in [0.05, 0.1) is 4.88 Å². The second-order valence-electron chi connectivity index (χ2n) is 3.75. The summed E-state index contributed by atoms with van der Waals surface area (Å²) in [5.41, 5.74) is 0. The molecule has 0 bridgehead atoms. The number of carbonyl (C=O) groups excluding carboxylic acids is 1. The summed E-state index contributed by atoms with van der Waals surface area (Å²) < 4.78 is 0. The van der Waals surface area contributed by atoms with Gasteiger partial charge >= 0.3 is 0 Å². The highest BCUT2D eigenvalue weighted by molar-refractivity contribution is 7.12. The number of thiophene rings is 1. The van der Waals surface area contributed by atoms with E-state index in [9.17, 15) is 4.79 Å². The Kier molecular flexibility index (Phi) is 3.56. The molecule has 0 N–H and O–H groups in total. The van der Waals surface area contributed by atoms with E-state index in [1.807, 2.05) is 23.7 Å². The van der Waals surface area contributed by atoms with Crippen LogP contribution in [0.25, 0.3) is 0 Å². The molecule has 0 spiro atoms. The minimum absolute atomic E-state index is 0.121. The van der Waals surface area contributed by atoms with Gasteiger partial charge in [-0.1, -0.05) is 6.07 Å². The summed E-state index contributed by atoms with van der Waals surface area (Å²) in [4.78, 5) is 14.7. The molecule has 2 heterocycles. The molecule has 1 aliphatic heterocycles. The SMILES string of the molecule is O=C(/C=C/N1CCCCC1)c1cccs1. The second kappa shape index (κ2) is 5.12. The van der Waals surface area contributed by atoms with Gasteiger partial charge < -0.3 is 4.90 Å². The topological polar surface area (TPSA) is 20.3 Å². The van der Waals surface area contributed by atoms with E-state index in [1.54, 1.807) is 6.08 Å². The monoisotopic (exact) mass is 221 g/mol. The van der Waals surface area contributed by atoms with E-state index in [-0.39, 0.29) is 5.78 Å². The lowest BCUT2D eigenvalue weighted by molar-refractivity contribution is 0.104. The first kappa shape index (κ1) is 10.4. The van der Waals surface area contributed by atoms with E-state index in [0.717, 1.165) is 18.0 Å². The standard InChI is InChI=1S/C12H15NOS/c14-11(12-5-4-10-15-12)6-9-13-7-2-1-3-8-13/h4-6,9-10H,1-3,7-8H2/b9-6+. The number of hydrogen-bond donors (Lipinski definition) is 0. The summed E-state index contributed by atoms with van der Waals surface area (Å²) in [5.74, 6) is 0.121. The van der Waals surface area contributed by atoms with Crippen LogP contribution in [-0.4, -0.2) is 23.8 Å². The number of likely N-dealkylation sites (tertiary alicyclic amines) is 1. The number of piperidine rings is 1. The number of carbonyl (C=O) groups is 1. The summed E-state index contributed by atoms with van der Waals surface area (Å²) in [5, 5.41) is 1.93. The predicted octanol–water partition coefficient (Wildman–Crippen LogP) is 2.93. The summed E-state index contributed by atoms with van der Waals surface area (Å²) in [6.07, 6.45) is 7.46. The van der Waals surface area contributed by atoms with Crippen molar-refractivity contribution < 1.29 is 4.79 Å². The Hall–Kier alpha value is -1.09. The Morgan fingerprint density at radius 3 is 2.80 bits per heavy atom. The van der Waals surface area contributed by atoms with Crippen molar-refractivity contribution in [2.24, 2.45) is 0 Å². The van der Waals surface area contributed by atoms with Crippen LogP contribution < -0.4 is 0 Å². The van der Waals surface area contributed by atoms with Gasteiger partial charge in [-0.3, -0.25) is 4.79 Å². The van der Waals surface area contributed by atoms with Crippen molar-refractivity contribution in [3.8, 4) is 0 Å². The van der Waals surface area contributed by atoms with Crippen molar-refractivity contribution in [1.29, 1.82) is 0 Å². The number of nitrogens with zero attached hydrogens (tertiary/aromatic N) is 1. The highest BCUT2D eigenvalue weighted by Crippen LogP contribution is 2.12. The molecule has 1 fully saturated rings. The van der Waals surface area contributed by atoms with Crippen LogP contribution in [0.15, 0.2) is 29.8 Å². The summed E-state index contributed by atoms with van der Waals surface area (Å²) in [7, 11) is 0. The van der Waals surface area contributed by atoms with E-state index in [4.69, 9.17) is 0 Å². The number of rotatable bonds is 3. The maximum Gasteiger partial charge on any atom is 0.197 e.